The van der Waals surface area contributed by atoms with E-state index in [4.69, 9.17) is 10.8 Å². The Labute approximate surface area is 119 Å². The summed E-state index contributed by atoms with van der Waals surface area (Å²) in [7, 11) is 0. The molecule has 0 radical (unpaired) electrons. The number of pyridine rings is 1. The number of primary amides is 1. The Hall–Kier alpha value is -2.68. The minimum absolute atomic E-state index is 0.168. The van der Waals surface area contributed by atoms with Crippen molar-refractivity contribution in [2.24, 2.45) is 5.73 Å². The van der Waals surface area contributed by atoms with Crippen LogP contribution in [0.2, 0.25) is 0 Å². The van der Waals surface area contributed by atoms with Gasteiger partial charge in [-0.25, -0.2) is 9.48 Å². The van der Waals surface area contributed by atoms with Crippen molar-refractivity contribution in [2.45, 2.75) is 6.54 Å². The molecule has 0 aliphatic carbocycles. The fourth-order valence-corrected chi connectivity index (χ4v) is 1.98. The van der Waals surface area contributed by atoms with E-state index in [1.807, 2.05) is 0 Å². The number of carboxylic acids is 1. The number of aliphatic carboxylic acids is 1. The van der Waals surface area contributed by atoms with Crippen LogP contribution in [-0.2, 0) is 16.1 Å². The van der Waals surface area contributed by atoms with E-state index >= 15 is 0 Å². The molecule has 0 bridgehead atoms. The maximum absolute atomic E-state index is 12.0. The lowest BCUT2D eigenvalue weighted by Gasteiger charge is -2.17. The van der Waals surface area contributed by atoms with E-state index in [1.165, 1.54) is 14.0 Å². The van der Waals surface area contributed by atoms with Crippen molar-refractivity contribution in [2.75, 3.05) is 19.6 Å². The average Bonchev–Trinajstić information content (AvgIpc) is 2.72. The molecule has 0 fully saturated rings. The highest BCUT2D eigenvalue weighted by molar-refractivity contribution is 5.77. The second kappa shape index (κ2) is 6.18. The third-order valence-corrected chi connectivity index (χ3v) is 2.85. The predicted octanol–water partition coefficient (Wildman–Crippen LogP) is -1.63. The van der Waals surface area contributed by atoms with Crippen LogP contribution in [0.3, 0.4) is 0 Å². The first-order valence-corrected chi connectivity index (χ1v) is 6.24. The highest BCUT2D eigenvalue weighted by Gasteiger charge is 2.14. The summed E-state index contributed by atoms with van der Waals surface area (Å²) in [6.07, 6.45) is 1.60. The van der Waals surface area contributed by atoms with E-state index < -0.39 is 11.9 Å². The summed E-state index contributed by atoms with van der Waals surface area (Å²) in [6, 6.07) is 5.16. The molecule has 2 aromatic rings. The Kier molecular flexibility index (Phi) is 4.33. The number of nitrogens with two attached hydrogens (primary N) is 1. The quantitative estimate of drug-likeness (QED) is 0.631. The third kappa shape index (κ3) is 3.66. The van der Waals surface area contributed by atoms with Crippen LogP contribution in [0.5, 0.6) is 0 Å². The molecule has 0 saturated heterocycles. The Bertz CT molecular complexity index is 704. The molecule has 2 heterocycles. The van der Waals surface area contributed by atoms with Crippen molar-refractivity contribution in [3.8, 4) is 0 Å². The molecule has 9 nitrogen and oxygen atoms in total. The molecule has 0 aromatic carbocycles. The van der Waals surface area contributed by atoms with E-state index in [2.05, 4.69) is 5.10 Å². The number of carboxylic acid groups (broad SMARTS) is 1. The summed E-state index contributed by atoms with van der Waals surface area (Å²) in [5.74, 6) is -1.70. The fraction of sp³-hybridized carbons (Fsp3) is 0.333. The van der Waals surface area contributed by atoms with Crippen LogP contribution < -0.4 is 11.4 Å². The molecular weight excluding hydrogens is 278 g/mol. The number of carbonyl (C=O) groups excluding carboxylic acids is 1. The molecule has 0 aliphatic heterocycles. The second-order valence-electron chi connectivity index (χ2n) is 4.51. The summed E-state index contributed by atoms with van der Waals surface area (Å²) >= 11 is 0. The van der Waals surface area contributed by atoms with Gasteiger partial charge in [0.1, 0.15) is 0 Å². The molecule has 0 saturated carbocycles. The number of carbonyl (C=O) groups is 2. The van der Waals surface area contributed by atoms with E-state index in [1.54, 1.807) is 24.4 Å². The number of hydrogen-bond acceptors (Lipinski definition) is 5. The summed E-state index contributed by atoms with van der Waals surface area (Å²) in [6.45, 7) is -0.167. The number of fused-ring (bicyclic) bond motifs is 1. The topological polar surface area (TPSA) is 123 Å². The highest BCUT2D eigenvalue weighted by atomic mass is 16.4. The maximum Gasteiger partial charge on any atom is 0.350 e. The smallest absolute Gasteiger partial charge is 0.350 e. The molecule has 1 amide bonds. The Morgan fingerprint density at radius 3 is 2.71 bits per heavy atom. The minimum Gasteiger partial charge on any atom is -0.480 e. The average molecular weight is 293 g/mol. The zero-order valence-electron chi connectivity index (χ0n) is 11.2. The third-order valence-electron chi connectivity index (χ3n) is 2.85. The van der Waals surface area contributed by atoms with Crippen molar-refractivity contribution in [1.29, 1.82) is 0 Å². The molecule has 0 unspecified atom stereocenters. The minimum atomic E-state index is -1.07. The number of hydrogen-bond donors (Lipinski definition) is 2. The Morgan fingerprint density at radius 1 is 1.33 bits per heavy atom. The van der Waals surface area contributed by atoms with Gasteiger partial charge in [0.2, 0.25) is 5.91 Å². The van der Waals surface area contributed by atoms with Gasteiger partial charge in [0.15, 0.2) is 5.65 Å². The molecule has 0 aliphatic rings. The normalized spacial score (nSPS) is 11.1. The van der Waals surface area contributed by atoms with Crippen LogP contribution in [0.25, 0.3) is 5.65 Å². The van der Waals surface area contributed by atoms with Gasteiger partial charge < -0.3 is 10.8 Å². The van der Waals surface area contributed by atoms with Crippen LogP contribution in [0.4, 0.5) is 0 Å². The summed E-state index contributed by atoms with van der Waals surface area (Å²) in [5.41, 5.74) is 5.25. The molecule has 2 aromatic heterocycles. The van der Waals surface area contributed by atoms with Crippen LogP contribution in [0, 0.1) is 0 Å². The zero-order valence-corrected chi connectivity index (χ0v) is 11.2. The van der Waals surface area contributed by atoms with Crippen LogP contribution in [0.1, 0.15) is 0 Å². The molecule has 3 N–H and O–H groups in total. The molecule has 9 heteroatoms. The molecule has 2 rings (SSSR count). The lowest BCUT2D eigenvalue weighted by molar-refractivity contribution is -0.138. The number of rotatable bonds is 7. The molecule has 21 heavy (non-hydrogen) atoms. The first-order valence-electron chi connectivity index (χ1n) is 6.24. The summed E-state index contributed by atoms with van der Waals surface area (Å²) < 4.78 is 2.61. The van der Waals surface area contributed by atoms with Crippen LogP contribution >= 0.6 is 0 Å². The van der Waals surface area contributed by atoms with Gasteiger partial charge in [0.05, 0.1) is 19.6 Å². The molecule has 0 spiro atoms. The fourth-order valence-electron chi connectivity index (χ4n) is 1.98. The maximum atomic E-state index is 12.0. The Morgan fingerprint density at radius 2 is 2.10 bits per heavy atom. The lowest BCUT2D eigenvalue weighted by atomic mass is 10.4. The van der Waals surface area contributed by atoms with Gasteiger partial charge in [-0.2, -0.15) is 0 Å². The number of amides is 1. The van der Waals surface area contributed by atoms with E-state index in [0.29, 0.717) is 5.65 Å². The monoisotopic (exact) mass is 293 g/mol. The van der Waals surface area contributed by atoms with Gasteiger partial charge in [-0.1, -0.05) is 6.07 Å². The lowest BCUT2D eigenvalue weighted by Crippen LogP contribution is -2.40. The first-order chi connectivity index (χ1) is 9.97. The molecule has 112 valence electrons. The highest BCUT2D eigenvalue weighted by Crippen LogP contribution is 1.96. The SMILES string of the molecule is NC(=O)CN(CCn1nc2ccccn2c1=O)CC(=O)O. The standard InChI is InChI=1S/C12H15N5O4/c13-9(18)7-15(8-11(19)20)5-6-17-12(21)16-4-2-1-3-10(16)14-17/h1-4H,5-8H2,(H2,13,18)(H,19,20). The van der Waals surface area contributed by atoms with Crippen LogP contribution in [0.15, 0.2) is 29.2 Å². The summed E-state index contributed by atoms with van der Waals surface area (Å²) in [4.78, 5) is 35.0. The molecular formula is C12H15N5O4. The van der Waals surface area contributed by atoms with E-state index in [9.17, 15) is 14.4 Å². The van der Waals surface area contributed by atoms with Gasteiger partial charge in [0.25, 0.3) is 0 Å². The van der Waals surface area contributed by atoms with Crippen LogP contribution in [-0.4, -0.2) is 55.7 Å². The van der Waals surface area contributed by atoms with E-state index in [0.717, 1.165) is 0 Å². The number of aromatic nitrogens is 3. The number of nitrogens with zero attached hydrogens (tertiary/aromatic N) is 4. The largest absolute Gasteiger partial charge is 0.480 e. The second-order valence-corrected chi connectivity index (χ2v) is 4.51. The van der Waals surface area contributed by atoms with Crippen molar-refractivity contribution < 1.29 is 14.7 Å². The van der Waals surface area contributed by atoms with Gasteiger partial charge in [0, 0.05) is 12.7 Å². The van der Waals surface area contributed by atoms with Gasteiger partial charge >= 0.3 is 11.7 Å². The van der Waals surface area contributed by atoms with Crippen molar-refractivity contribution in [3.05, 3.63) is 34.9 Å². The first kappa shape index (κ1) is 14.7. The molecule has 0 atom stereocenters. The Balaban J connectivity index is 2.11. The summed E-state index contributed by atoms with van der Waals surface area (Å²) in [5, 5.41) is 12.9. The zero-order chi connectivity index (χ0) is 15.4. The van der Waals surface area contributed by atoms with Gasteiger partial charge in [-0.3, -0.25) is 18.9 Å². The van der Waals surface area contributed by atoms with Crippen molar-refractivity contribution in [3.63, 3.8) is 0 Å². The van der Waals surface area contributed by atoms with Gasteiger partial charge in [-0.15, -0.1) is 5.10 Å². The van der Waals surface area contributed by atoms with Crippen molar-refractivity contribution in [1.82, 2.24) is 19.1 Å². The van der Waals surface area contributed by atoms with Crippen molar-refractivity contribution >= 4 is 17.5 Å². The predicted molar refractivity (Wildman–Crippen MR) is 72.7 cm³/mol. The van der Waals surface area contributed by atoms with Gasteiger partial charge in [-0.05, 0) is 12.1 Å². The van der Waals surface area contributed by atoms with E-state index in [-0.39, 0.29) is 31.9 Å².